The molecule has 0 spiro atoms. The van der Waals surface area contributed by atoms with E-state index in [0.717, 1.165) is 18.4 Å². The molecule has 0 aromatic heterocycles. The van der Waals surface area contributed by atoms with Crippen LogP contribution in [0.4, 0.5) is 0 Å². The number of rotatable bonds is 4. The molecule has 1 aromatic carbocycles. The molecule has 1 saturated carbocycles. The second-order valence-corrected chi connectivity index (χ2v) is 5.05. The first-order valence-electron chi connectivity index (χ1n) is 6.83. The fourth-order valence-electron chi connectivity index (χ4n) is 2.59. The Bertz CT molecular complexity index is 410. The van der Waals surface area contributed by atoms with E-state index in [9.17, 15) is 9.90 Å². The number of carbonyl (C=O) groups excluding carboxylic acids is 1. The first kappa shape index (κ1) is 13.9. The van der Waals surface area contributed by atoms with Gasteiger partial charge in [0.2, 0.25) is 0 Å². The standard InChI is InChI=1S/C15H21NO3/c1-19-15(18)14(11-7-9-13(17)10-8-11)16-12-5-3-2-4-6-12/h7-10,12,14,16-17H,2-6H2,1H3. The molecule has 0 amide bonds. The summed E-state index contributed by atoms with van der Waals surface area (Å²) in [4.78, 5) is 11.9. The molecule has 0 radical (unpaired) electrons. The summed E-state index contributed by atoms with van der Waals surface area (Å²) in [5.41, 5.74) is 0.829. The maximum absolute atomic E-state index is 11.9. The number of benzene rings is 1. The van der Waals surface area contributed by atoms with Gasteiger partial charge >= 0.3 is 5.97 Å². The quantitative estimate of drug-likeness (QED) is 0.820. The molecule has 1 aliphatic rings. The highest BCUT2D eigenvalue weighted by atomic mass is 16.5. The zero-order chi connectivity index (χ0) is 13.7. The van der Waals surface area contributed by atoms with Crippen molar-refractivity contribution >= 4 is 5.97 Å². The average molecular weight is 263 g/mol. The Labute approximate surface area is 113 Å². The first-order valence-corrected chi connectivity index (χ1v) is 6.83. The zero-order valence-corrected chi connectivity index (χ0v) is 11.3. The monoisotopic (exact) mass is 263 g/mol. The van der Waals surface area contributed by atoms with Crippen LogP contribution in [-0.4, -0.2) is 24.2 Å². The number of hydrogen-bond acceptors (Lipinski definition) is 4. The Balaban J connectivity index is 2.10. The van der Waals surface area contributed by atoms with E-state index in [4.69, 9.17) is 4.74 Å². The maximum Gasteiger partial charge on any atom is 0.327 e. The van der Waals surface area contributed by atoms with Crippen LogP contribution >= 0.6 is 0 Å². The fourth-order valence-corrected chi connectivity index (χ4v) is 2.59. The van der Waals surface area contributed by atoms with Gasteiger partial charge in [-0.25, -0.2) is 4.79 Å². The predicted molar refractivity (Wildman–Crippen MR) is 72.9 cm³/mol. The van der Waals surface area contributed by atoms with Gasteiger partial charge in [0.05, 0.1) is 7.11 Å². The summed E-state index contributed by atoms with van der Waals surface area (Å²) in [6.07, 6.45) is 5.90. The van der Waals surface area contributed by atoms with Gasteiger partial charge in [0, 0.05) is 6.04 Å². The van der Waals surface area contributed by atoms with E-state index in [0.29, 0.717) is 6.04 Å². The van der Waals surface area contributed by atoms with Gasteiger partial charge in [0.15, 0.2) is 0 Å². The number of nitrogens with one attached hydrogen (secondary N) is 1. The van der Waals surface area contributed by atoms with E-state index in [2.05, 4.69) is 5.32 Å². The Morgan fingerprint density at radius 2 is 1.89 bits per heavy atom. The highest BCUT2D eigenvalue weighted by Gasteiger charge is 2.25. The summed E-state index contributed by atoms with van der Waals surface area (Å²) in [5, 5.41) is 12.7. The molecule has 2 rings (SSSR count). The van der Waals surface area contributed by atoms with Crippen molar-refractivity contribution in [2.75, 3.05) is 7.11 Å². The largest absolute Gasteiger partial charge is 0.508 e. The lowest BCUT2D eigenvalue weighted by Gasteiger charge is -2.27. The van der Waals surface area contributed by atoms with Crippen molar-refractivity contribution < 1.29 is 14.6 Å². The van der Waals surface area contributed by atoms with Crippen molar-refractivity contribution in [3.8, 4) is 5.75 Å². The lowest BCUT2D eigenvalue weighted by atomic mass is 9.94. The van der Waals surface area contributed by atoms with Crippen molar-refractivity contribution in [1.29, 1.82) is 0 Å². The summed E-state index contributed by atoms with van der Waals surface area (Å²) in [6, 6.07) is 6.61. The lowest BCUT2D eigenvalue weighted by molar-refractivity contribution is -0.143. The number of phenolic OH excluding ortho intramolecular Hbond substituents is 1. The summed E-state index contributed by atoms with van der Waals surface area (Å²) in [6.45, 7) is 0. The second kappa shape index (κ2) is 6.57. The van der Waals surface area contributed by atoms with Gasteiger partial charge < -0.3 is 9.84 Å². The average Bonchev–Trinajstić information content (AvgIpc) is 2.46. The van der Waals surface area contributed by atoms with Gasteiger partial charge in [-0.3, -0.25) is 5.32 Å². The molecule has 4 nitrogen and oxygen atoms in total. The Kier molecular flexibility index (Phi) is 4.80. The van der Waals surface area contributed by atoms with Crippen molar-refractivity contribution in [3.63, 3.8) is 0 Å². The summed E-state index contributed by atoms with van der Waals surface area (Å²) in [5.74, 6) is -0.0821. The normalized spacial score (nSPS) is 17.9. The molecule has 1 atom stereocenters. The molecule has 0 heterocycles. The highest BCUT2D eigenvalue weighted by Crippen LogP contribution is 2.23. The molecule has 1 aliphatic carbocycles. The van der Waals surface area contributed by atoms with Crippen LogP contribution in [0.3, 0.4) is 0 Å². The van der Waals surface area contributed by atoms with E-state index in [1.807, 2.05) is 0 Å². The van der Waals surface area contributed by atoms with Gasteiger partial charge in [-0.15, -0.1) is 0 Å². The molecule has 0 aliphatic heterocycles. The lowest BCUT2D eigenvalue weighted by Crippen LogP contribution is -2.38. The predicted octanol–water partition coefficient (Wildman–Crippen LogP) is 2.53. The highest BCUT2D eigenvalue weighted by molar-refractivity contribution is 5.77. The van der Waals surface area contributed by atoms with E-state index < -0.39 is 6.04 Å². The van der Waals surface area contributed by atoms with Crippen LogP contribution in [0, 0.1) is 0 Å². The van der Waals surface area contributed by atoms with Crippen LogP contribution in [0.2, 0.25) is 0 Å². The zero-order valence-electron chi connectivity index (χ0n) is 11.3. The van der Waals surface area contributed by atoms with Crippen LogP contribution in [0.1, 0.15) is 43.7 Å². The molecular weight excluding hydrogens is 242 g/mol. The molecule has 1 unspecified atom stereocenters. The third-order valence-electron chi connectivity index (χ3n) is 3.67. The van der Waals surface area contributed by atoms with E-state index in [1.165, 1.54) is 26.4 Å². The Hall–Kier alpha value is -1.55. The third kappa shape index (κ3) is 3.70. The van der Waals surface area contributed by atoms with Gasteiger partial charge in [0.1, 0.15) is 11.8 Å². The van der Waals surface area contributed by atoms with E-state index in [1.54, 1.807) is 24.3 Å². The summed E-state index contributed by atoms with van der Waals surface area (Å²) >= 11 is 0. The first-order chi connectivity index (χ1) is 9.20. The topological polar surface area (TPSA) is 58.6 Å². The molecule has 19 heavy (non-hydrogen) atoms. The molecule has 104 valence electrons. The van der Waals surface area contributed by atoms with Gasteiger partial charge in [-0.1, -0.05) is 31.4 Å². The molecule has 2 N–H and O–H groups in total. The Morgan fingerprint density at radius 3 is 2.47 bits per heavy atom. The van der Waals surface area contributed by atoms with Crippen molar-refractivity contribution in [3.05, 3.63) is 29.8 Å². The number of esters is 1. The van der Waals surface area contributed by atoms with Crippen LogP contribution in [-0.2, 0) is 9.53 Å². The van der Waals surface area contributed by atoms with Crippen LogP contribution in [0.25, 0.3) is 0 Å². The number of methoxy groups -OCH3 is 1. The molecule has 0 saturated heterocycles. The molecule has 1 aromatic rings. The molecule has 4 heteroatoms. The SMILES string of the molecule is COC(=O)C(NC1CCCCC1)c1ccc(O)cc1. The number of carbonyl (C=O) groups is 1. The second-order valence-electron chi connectivity index (χ2n) is 5.05. The molecular formula is C15H21NO3. The van der Waals surface area contributed by atoms with Crippen molar-refractivity contribution in [2.45, 2.75) is 44.2 Å². The minimum Gasteiger partial charge on any atom is -0.508 e. The maximum atomic E-state index is 11.9. The summed E-state index contributed by atoms with van der Waals surface area (Å²) < 4.78 is 4.87. The molecule has 1 fully saturated rings. The van der Waals surface area contributed by atoms with E-state index in [-0.39, 0.29) is 11.7 Å². The van der Waals surface area contributed by atoms with Gasteiger partial charge in [-0.05, 0) is 30.5 Å². The van der Waals surface area contributed by atoms with Crippen molar-refractivity contribution in [2.24, 2.45) is 0 Å². The van der Waals surface area contributed by atoms with Gasteiger partial charge in [-0.2, -0.15) is 0 Å². The van der Waals surface area contributed by atoms with Crippen LogP contribution in [0.15, 0.2) is 24.3 Å². The van der Waals surface area contributed by atoms with E-state index >= 15 is 0 Å². The van der Waals surface area contributed by atoms with Crippen LogP contribution < -0.4 is 5.32 Å². The van der Waals surface area contributed by atoms with Crippen LogP contribution in [0.5, 0.6) is 5.75 Å². The Morgan fingerprint density at radius 1 is 1.26 bits per heavy atom. The smallest absolute Gasteiger partial charge is 0.327 e. The fraction of sp³-hybridized carbons (Fsp3) is 0.533. The third-order valence-corrected chi connectivity index (χ3v) is 3.67. The summed E-state index contributed by atoms with van der Waals surface area (Å²) in [7, 11) is 1.40. The number of phenols is 1. The minimum absolute atomic E-state index is 0.199. The number of hydrogen-bond donors (Lipinski definition) is 2. The minimum atomic E-state index is -0.450. The molecule has 0 bridgehead atoms. The van der Waals surface area contributed by atoms with Crippen molar-refractivity contribution in [1.82, 2.24) is 5.32 Å². The van der Waals surface area contributed by atoms with Gasteiger partial charge in [0.25, 0.3) is 0 Å². The number of aromatic hydroxyl groups is 1. The number of ether oxygens (including phenoxy) is 1.